The Kier molecular flexibility index (Phi) is 5.13. The Labute approximate surface area is 165 Å². The summed E-state index contributed by atoms with van der Waals surface area (Å²) in [5, 5.41) is 4.12. The fourth-order valence-electron chi connectivity index (χ4n) is 2.77. The van der Waals surface area contributed by atoms with Crippen LogP contribution in [0, 0.1) is 0 Å². The highest BCUT2D eigenvalue weighted by atomic mass is 32.2. The van der Waals surface area contributed by atoms with Crippen molar-refractivity contribution in [1.82, 2.24) is 14.9 Å². The van der Waals surface area contributed by atoms with E-state index in [0.717, 1.165) is 23.3 Å². The Hall–Kier alpha value is -2.38. The van der Waals surface area contributed by atoms with Crippen LogP contribution in [0.5, 0.6) is 0 Å². The van der Waals surface area contributed by atoms with E-state index in [0.29, 0.717) is 28.0 Å². The molecular weight excluding hydrogens is 378 g/mol. The van der Waals surface area contributed by atoms with Crippen LogP contribution >= 0.6 is 23.1 Å². The Morgan fingerprint density at radius 2 is 2.15 bits per heavy atom. The van der Waals surface area contributed by atoms with Crippen molar-refractivity contribution in [3.8, 4) is 10.4 Å². The number of rotatable bonds is 7. The summed E-state index contributed by atoms with van der Waals surface area (Å²) in [5.41, 5.74) is 0.969. The van der Waals surface area contributed by atoms with Gasteiger partial charge in [-0.25, -0.2) is 4.98 Å². The average Bonchev–Trinajstić information content (AvgIpc) is 3.38. The predicted octanol–water partition coefficient (Wildman–Crippen LogP) is 3.68. The van der Waals surface area contributed by atoms with E-state index in [4.69, 9.17) is 0 Å². The summed E-state index contributed by atoms with van der Waals surface area (Å²) in [7, 11) is 0. The van der Waals surface area contributed by atoms with Gasteiger partial charge in [0.25, 0.3) is 5.56 Å². The average molecular weight is 398 g/mol. The van der Waals surface area contributed by atoms with E-state index in [2.05, 4.69) is 16.9 Å². The number of carbonyl (C=O) groups excluding carboxylic acids is 1. The van der Waals surface area contributed by atoms with Gasteiger partial charge in [-0.1, -0.05) is 48.2 Å². The molecule has 1 N–H and O–H groups in total. The van der Waals surface area contributed by atoms with Crippen molar-refractivity contribution < 1.29 is 4.79 Å². The number of aromatic nitrogens is 2. The number of fused-ring (bicyclic) bond motifs is 1. The van der Waals surface area contributed by atoms with Crippen molar-refractivity contribution in [2.45, 2.75) is 30.6 Å². The minimum Gasteiger partial charge on any atom is -0.353 e. The van der Waals surface area contributed by atoms with Crippen molar-refractivity contribution >= 4 is 39.2 Å². The number of thioether (sulfide) groups is 1. The van der Waals surface area contributed by atoms with E-state index in [1.54, 1.807) is 10.6 Å². The number of carbonyl (C=O) groups is 1. The Balaban J connectivity index is 1.68. The molecule has 0 aliphatic heterocycles. The van der Waals surface area contributed by atoms with Gasteiger partial charge in [-0.15, -0.1) is 17.9 Å². The lowest BCUT2D eigenvalue weighted by Gasteiger charge is -2.09. The third-order valence-corrected chi connectivity index (χ3v) is 6.32. The van der Waals surface area contributed by atoms with Crippen LogP contribution in [0.25, 0.3) is 20.7 Å². The molecule has 2 aromatic heterocycles. The molecule has 0 unspecified atom stereocenters. The number of nitrogens with one attached hydrogen (secondary N) is 1. The molecule has 5 nitrogen and oxygen atoms in total. The zero-order chi connectivity index (χ0) is 18.8. The van der Waals surface area contributed by atoms with Crippen molar-refractivity contribution in [1.29, 1.82) is 0 Å². The SMILES string of the molecule is C=CCn1c(SCC(=O)NC2CC2)nc2sc(-c3ccccc3)cc2c1=O. The molecule has 3 aromatic rings. The molecule has 2 heterocycles. The van der Waals surface area contributed by atoms with Gasteiger partial charge in [0, 0.05) is 17.5 Å². The largest absolute Gasteiger partial charge is 0.353 e. The lowest BCUT2D eigenvalue weighted by molar-refractivity contribution is -0.118. The molecular formula is C20H19N3O2S2. The smallest absolute Gasteiger partial charge is 0.263 e. The fraction of sp³-hybridized carbons (Fsp3) is 0.250. The highest BCUT2D eigenvalue weighted by Crippen LogP contribution is 2.32. The molecule has 0 bridgehead atoms. The summed E-state index contributed by atoms with van der Waals surface area (Å²) < 4.78 is 1.59. The molecule has 1 fully saturated rings. The predicted molar refractivity (Wildman–Crippen MR) is 111 cm³/mol. The minimum absolute atomic E-state index is 0.0156. The lowest BCUT2D eigenvalue weighted by Crippen LogP contribution is -2.28. The van der Waals surface area contributed by atoms with Crippen LogP contribution in [-0.4, -0.2) is 27.3 Å². The molecule has 0 radical (unpaired) electrons. The summed E-state index contributed by atoms with van der Waals surface area (Å²) in [6.07, 6.45) is 3.78. The fourth-order valence-corrected chi connectivity index (χ4v) is 4.67. The molecule has 1 saturated carbocycles. The highest BCUT2D eigenvalue weighted by Gasteiger charge is 2.23. The molecule has 0 saturated heterocycles. The van der Waals surface area contributed by atoms with Gasteiger partial charge in [0.1, 0.15) is 4.83 Å². The highest BCUT2D eigenvalue weighted by molar-refractivity contribution is 7.99. The molecule has 27 heavy (non-hydrogen) atoms. The number of thiophene rings is 1. The van der Waals surface area contributed by atoms with Gasteiger partial charge in [-0.2, -0.15) is 0 Å². The van der Waals surface area contributed by atoms with Crippen LogP contribution in [0.4, 0.5) is 0 Å². The summed E-state index contributed by atoms with van der Waals surface area (Å²) in [4.78, 5) is 31.4. The van der Waals surface area contributed by atoms with Crippen molar-refractivity contribution in [3.63, 3.8) is 0 Å². The molecule has 1 amide bonds. The monoisotopic (exact) mass is 397 g/mol. The Bertz CT molecular complexity index is 1050. The van der Waals surface area contributed by atoms with E-state index >= 15 is 0 Å². The van der Waals surface area contributed by atoms with Gasteiger partial charge in [-0.05, 0) is 24.5 Å². The van der Waals surface area contributed by atoms with Gasteiger partial charge in [0.15, 0.2) is 5.16 Å². The molecule has 1 aliphatic rings. The van der Waals surface area contributed by atoms with Crippen molar-refractivity contribution in [2.75, 3.05) is 5.75 Å². The maximum atomic E-state index is 13.0. The number of benzene rings is 1. The zero-order valence-corrected chi connectivity index (χ0v) is 16.3. The van der Waals surface area contributed by atoms with Gasteiger partial charge in [-0.3, -0.25) is 14.2 Å². The first-order valence-corrected chi connectivity index (χ1v) is 10.6. The third-order valence-electron chi connectivity index (χ3n) is 4.26. The molecule has 4 rings (SSSR count). The Morgan fingerprint density at radius 3 is 2.85 bits per heavy atom. The number of hydrogen-bond donors (Lipinski definition) is 1. The van der Waals surface area contributed by atoms with E-state index in [9.17, 15) is 9.59 Å². The van der Waals surface area contributed by atoms with Crippen LogP contribution in [0.2, 0.25) is 0 Å². The van der Waals surface area contributed by atoms with Crippen LogP contribution < -0.4 is 10.9 Å². The zero-order valence-electron chi connectivity index (χ0n) is 14.7. The summed E-state index contributed by atoms with van der Waals surface area (Å²) in [6, 6.07) is 12.2. The van der Waals surface area contributed by atoms with Crippen molar-refractivity contribution in [3.05, 3.63) is 59.4 Å². The topological polar surface area (TPSA) is 64.0 Å². The van der Waals surface area contributed by atoms with E-state index in [1.165, 1.54) is 23.1 Å². The lowest BCUT2D eigenvalue weighted by atomic mass is 10.2. The van der Waals surface area contributed by atoms with E-state index in [1.807, 2.05) is 36.4 Å². The van der Waals surface area contributed by atoms with Gasteiger partial charge in [0.2, 0.25) is 5.91 Å². The van der Waals surface area contributed by atoms with Crippen LogP contribution in [0.15, 0.2) is 59.0 Å². The first kappa shape index (κ1) is 18.0. The maximum absolute atomic E-state index is 13.0. The second-order valence-corrected chi connectivity index (χ2v) is 8.40. The van der Waals surface area contributed by atoms with Crippen molar-refractivity contribution in [2.24, 2.45) is 0 Å². The summed E-state index contributed by atoms with van der Waals surface area (Å²) >= 11 is 2.79. The minimum atomic E-state index is -0.0940. The van der Waals surface area contributed by atoms with E-state index in [-0.39, 0.29) is 17.2 Å². The number of nitrogens with zero attached hydrogens (tertiary/aromatic N) is 2. The van der Waals surface area contributed by atoms with Gasteiger partial charge < -0.3 is 5.32 Å². The molecule has 0 atom stereocenters. The van der Waals surface area contributed by atoms with Gasteiger partial charge in [0.05, 0.1) is 11.1 Å². The quantitative estimate of drug-likeness (QED) is 0.375. The van der Waals surface area contributed by atoms with Crippen LogP contribution in [0.1, 0.15) is 12.8 Å². The number of hydrogen-bond acceptors (Lipinski definition) is 5. The van der Waals surface area contributed by atoms with Crippen LogP contribution in [0.3, 0.4) is 0 Å². The second kappa shape index (κ2) is 7.70. The Morgan fingerprint density at radius 1 is 1.37 bits per heavy atom. The number of amides is 1. The maximum Gasteiger partial charge on any atom is 0.263 e. The molecule has 1 aromatic carbocycles. The number of allylic oxidation sites excluding steroid dienone is 1. The molecule has 138 valence electrons. The molecule has 0 spiro atoms. The van der Waals surface area contributed by atoms with E-state index < -0.39 is 0 Å². The normalized spacial score (nSPS) is 13.6. The van der Waals surface area contributed by atoms with Gasteiger partial charge >= 0.3 is 0 Å². The molecule has 7 heteroatoms. The first-order chi connectivity index (χ1) is 13.2. The summed E-state index contributed by atoms with van der Waals surface area (Å²) in [5.74, 6) is 0.237. The third kappa shape index (κ3) is 3.99. The second-order valence-electron chi connectivity index (χ2n) is 6.42. The standard InChI is InChI=1S/C20H19N3O2S2/c1-2-10-23-19(25)15-11-16(13-6-4-3-5-7-13)27-18(15)22-20(23)26-12-17(24)21-14-8-9-14/h2-7,11,14H,1,8-10,12H2,(H,21,24). The molecule has 1 aliphatic carbocycles. The first-order valence-electron chi connectivity index (χ1n) is 8.78. The van der Waals surface area contributed by atoms with Crippen LogP contribution in [-0.2, 0) is 11.3 Å². The summed E-state index contributed by atoms with van der Waals surface area (Å²) in [6.45, 7) is 4.11.